The summed E-state index contributed by atoms with van der Waals surface area (Å²) in [5, 5.41) is 12.1. The van der Waals surface area contributed by atoms with Crippen molar-refractivity contribution < 1.29 is 13.9 Å². The summed E-state index contributed by atoms with van der Waals surface area (Å²) in [6.07, 6.45) is 0.0153. The summed E-state index contributed by atoms with van der Waals surface area (Å²) in [6.45, 7) is 3.83. The summed E-state index contributed by atoms with van der Waals surface area (Å²) in [4.78, 5) is 12.2. The van der Waals surface area contributed by atoms with Crippen LogP contribution in [0.4, 0.5) is 5.69 Å². The van der Waals surface area contributed by atoms with E-state index in [0.29, 0.717) is 32.6 Å². The number of anilines is 1. The van der Waals surface area contributed by atoms with Gasteiger partial charge in [0.15, 0.2) is 0 Å². The molecular weight excluding hydrogens is 421 g/mol. The molecule has 0 saturated heterocycles. The number of carbonyl (C=O) groups excluding carboxylic acids is 1. The topological polar surface area (TPSA) is 77.2 Å². The van der Waals surface area contributed by atoms with E-state index in [9.17, 15) is 4.79 Å². The van der Waals surface area contributed by atoms with Crippen LogP contribution in [0.15, 0.2) is 52.1 Å². The van der Waals surface area contributed by atoms with Crippen LogP contribution < -0.4 is 10.1 Å². The van der Waals surface area contributed by atoms with Crippen LogP contribution >= 0.6 is 35.0 Å². The van der Waals surface area contributed by atoms with Crippen molar-refractivity contribution in [2.75, 3.05) is 11.1 Å². The van der Waals surface area contributed by atoms with Crippen LogP contribution in [0.3, 0.4) is 0 Å². The van der Waals surface area contributed by atoms with Crippen LogP contribution in [0.1, 0.15) is 13.8 Å². The number of rotatable bonds is 7. The number of nitrogens with one attached hydrogen (secondary N) is 1. The van der Waals surface area contributed by atoms with Gasteiger partial charge in [-0.3, -0.25) is 4.79 Å². The standard InChI is InChI=1S/C19H17Cl2N3O3S/c1-11(2)26-16-8-7-14(9-15(16)21)22-17(25)10-28-19-24-23-18(27-19)12-3-5-13(20)6-4-12/h3-9,11H,10H2,1-2H3,(H,22,25). The molecule has 1 N–H and O–H groups in total. The molecule has 0 bridgehead atoms. The third kappa shape index (κ3) is 5.64. The molecule has 0 atom stereocenters. The van der Waals surface area contributed by atoms with Crippen LogP contribution in [0.25, 0.3) is 11.5 Å². The van der Waals surface area contributed by atoms with Gasteiger partial charge in [0.2, 0.25) is 11.8 Å². The van der Waals surface area contributed by atoms with Gasteiger partial charge in [0.05, 0.1) is 16.9 Å². The molecule has 0 aliphatic heterocycles. The molecule has 0 radical (unpaired) electrons. The van der Waals surface area contributed by atoms with Gasteiger partial charge >= 0.3 is 0 Å². The van der Waals surface area contributed by atoms with Gasteiger partial charge < -0.3 is 14.5 Å². The molecule has 0 fully saturated rings. The Morgan fingerprint density at radius 3 is 2.61 bits per heavy atom. The van der Waals surface area contributed by atoms with Crippen LogP contribution in [-0.2, 0) is 4.79 Å². The fourth-order valence-electron chi connectivity index (χ4n) is 2.23. The Balaban J connectivity index is 1.55. The van der Waals surface area contributed by atoms with E-state index in [1.54, 1.807) is 42.5 Å². The molecule has 1 aromatic heterocycles. The third-order valence-corrected chi connectivity index (χ3v) is 4.77. The largest absolute Gasteiger partial charge is 0.489 e. The number of nitrogens with zero attached hydrogens (tertiary/aromatic N) is 2. The summed E-state index contributed by atoms with van der Waals surface area (Å²) in [6, 6.07) is 12.2. The van der Waals surface area contributed by atoms with Crippen molar-refractivity contribution >= 4 is 46.6 Å². The Labute approximate surface area is 176 Å². The number of ether oxygens (including phenoxy) is 1. The second kappa shape index (κ2) is 9.32. The van der Waals surface area contributed by atoms with E-state index < -0.39 is 0 Å². The van der Waals surface area contributed by atoms with Crippen molar-refractivity contribution in [2.24, 2.45) is 0 Å². The molecule has 146 valence electrons. The van der Waals surface area contributed by atoms with Gasteiger partial charge in [-0.05, 0) is 56.3 Å². The minimum atomic E-state index is -0.218. The lowest BCUT2D eigenvalue weighted by molar-refractivity contribution is -0.113. The lowest BCUT2D eigenvalue weighted by Crippen LogP contribution is -2.14. The van der Waals surface area contributed by atoms with E-state index in [4.69, 9.17) is 32.4 Å². The van der Waals surface area contributed by atoms with Gasteiger partial charge in [0.25, 0.3) is 5.22 Å². The Morgan fingerprint density at radius 1 is 1.18 bits per heavy atom. The molecule has 0 unspecified atom stereocenters. The lowest BCUT2D eigenvalue weighted by atomic mass is 10.2. The Hall–Kier alpha value is -2.22. The maximum Gasteiger partial charge on any atom is 0.277 e. The van der Waals surface area contributed by atoms with Crippen molar-refractivity contribution in [1.82, 2.24) is 10.2 Å². The Kier molecular flexibility index (Phi) is 6.83. The van der Waals surface area contributed by atoms with E-state index in [-0.39, 0.29) is 17.8 Å². The predicted octanol–water partition coefficient (Wildman–Crippen LogP) is 5.56. The second-order valence-electron chi connectivity index (χ2n) is 6.03. The number of halogens is 2. The zero-order valence-corrected chi connectivity index (χ0v) is 17.4. The quantitative estimate of drug-likeness (QED) is 0.487. The molecule has 1 heterocycles. The number of amides is 1. The summed E-state index contributed by atoms with van der Waals surface area (Å²) < 4.78 is 11.1. The SMILES string of the molecule is CC(C)Oc1ccc(NC(=O)CSc2nnc(-c3ccc(Cl)cc3)o2)cc1Cl. The number of benzene rings is 2. The number of thioether (sulfide) groups is 1. The first-order valence-corrected chi connectivity index (χ1v) is 10.1. The highest BCUT2D eigenvalue weighted by atomic mass is 35.5. The minimum Gasteiger partial charge on any atom is -0.489 e. The van der Waals surface area contributed by atoms with Crippen molar-refractivity contribution in [3.8, 4) is 17.2 Å². The predicted molar refractivity (Wildman–Crippen MR) is 111 cm³/mol. The number of hydrogen-bond donors (Lipinski definition) is 1. The van der Waals surface area contributed by atoms with Crippen LogP contribution in [0, 0.1) is 0 Å². The molecule has 0 saturated carbocycles. The fourth-order valence-corrected chi connectivity index (χ4v) is 3.14. The van der Waals surface area contributed by atoms with Gasteiger partial charge in [0, 0.05) is 16.3 Å². The van der Waals surface area contributed by atoms with Gasteiger partial charge in [-0.2, -0.15) is 0 Å². The molecule has 1 amide bonds. The molecular formula is C19H17Cl2N3O3S. The van der Waals surface area contributed by atoms with E-state index in [1.165, 1.54) is 0 Å². The summed E-state index contributed by atoms with van der Waals surface area (Å²) in [5.41, 5.74) is 1.34. The van der Waals surface area contributed by atoms with Crippen molar-refractivity contribution in [3.63, 3.8) is 0 Å². The minimum absolute atomic E-state index is 0.0153. The molecule has 6 nitrogen and oxygen atoms in total. The fraction of sp³-hybridized carbons (Fsp3) is 0.211. The molecule has 9 heteroatoms. The van der Waals surface area contributed by atoms with Gasteiger partial charge in [0.1, 0.15) is 5.75 Å². The van der Waals surface area contributed by atoms with E-state index in [2.05, 4.69) is 15.5 Å². The normalized spacial score (nSPS) is 10.9. The molecule has 28 heavy (non-hydrogen) atoms. The summed E-state index contributed by atoms with van der Waals surface area (Å²) in [5.74, 6) is 0.839. The van der Waals surface area contributed by atoms with Gasteiger partial charge in [-0.15, -0.1) is 10.2 Å². The highest BCUT2D eigenvalue weighted by molar-refractivity contribution is 7.99. The van der Waals surface area contributed by atoms with E-state index in [1.807, 2.05) is 13.8 Å². The van der Waals surface area contributed by atoms with E-state index in [0.717, 1.165) is 17.3 Å². The average Bonchev–Trinajstić information content (AvgIpc) is 3.12. The maximum atomic E-state index is 12.2. The number of hydrogen-bond acceptors (Lipinski definition) is 6. The molecule has 0 aliphatic carbocycles. The maximum absolute atomic E-state index is 12.2. The summed E-state index contributed by atoms with van der Waals surface area (Å²) in [7, 11) is 0. The van der Waals surface area contributed by atoms with Crippen molar-refractivity contribution in [2.45, 2.75) is 25.2 Å². The van der Waals surface area contributed by atoms with Gasteiger partial charge in [-0.25, -0.2) is 0 Å². The van der Waals surface area contributed by atoms with Crippen molar-refractivity contribution in [1.29, 1.82) is 0 Å². The van der Waals surface area contributed by atoms with E-state index >= 15 is 0 Å². The Bertz CT molecular complexity index is 961. The smallest absolute Gasteiger partial charge is 0.277 e. The molecule has 2 aromatic carbocycles. The third-order valence-electron chi connectivity index (χ3n) is 3.40. The molecule has 3 rings (SSSR count). The average molecular weight is 438 g/mol. The first-order valence-electron chi connectivity index (χ1n) is 8.39. The zero-order valence-electron chi connectivity index (χ0n) is 15.1. The molecule has 3 aromatic rings. The number of carbonyl (C=O) groups is 1. The monoisotopic (exact) mass is 437 g/mol. The van der Waals surface area contributed by atoms with Crippen LogP contribution in [-0.4, -0.2) is 28.0 Å². The van der Waals surface area contributed by atoms with Crippen LogP contribution in [0.5, 0.6) is 5.75 Å². The van der Waals surface area contributed by atoms with Crippen LogP contribution in [0.2, 0.25) is 10.0 Å². The summed E-state index contributed by atoms with van der Waals surface area (Å²) >= 11 is 13.2. The second-order valence-corrected chi connectivity index (χ2v) is 7.80. The molecule has 0 aliphatic rings. The zero-order chi connectivity index (χ0) is 20.1. The van der Waals surface area contributed by atoms with Gasteiger partial charge in [-0.1, -0.05) is 35.0 Å². The number of aromatic nitrogens is 2. The Morgan fingerprint density at radius 2 is 1.93 bits per heavy atom. The first kappa shape index (κ1) is 20.5. The highest BCUT2D eigenvalue weighted by Gasteiger charge is 2.12. The lowest BCUT2D eigenvalue weighted by Gasteiger charge is -2.12. The molecule has 0 spiro atoms. The van der Waals surface area contributed by atoms with Crippen molar-refractivity contribution in [3.05, 3.63) is 52.5 Å². The first-order chi connectivity index (χ1) is 13.4. The highest BCUT2D eigenvalue weighted by Crippen LogP contribution is 2.29.